The Bertz CT molecular complexity index is 1410. The van der Waals surface area contributed by atoms with Crippen LogP contribution in [0.25, 0.3) is 22.3 Å². The van der Waals surface area contributed by atoms with Crippen molar-refractivity contribution in [3.8, 4) is 28.0 Å². The smallest absolute Gasteiger partial charge is 0.444 e. The second-order valence-corrected chi connectivity index (χ2v) is 11.6. The standard InChI is InChI=1S/C31H37F3N4O4/c1-30(2,3)42-29(40)35-15-7-9-23-17-36-28(39)27-26(21-13-11-20(12-14-21)18-37(4)5)25(19-38(23)27)22-8-6-10-24(16-22)41-31(32,33)34/h6,8,10-14,16,19,23H,7,9,15,17-18H2,1-5H3,(H,35,40)(H,36,39)/t23-/m0/s1. The second kappa shape index (κ2) is 12.5. The molecule has 3 aromatic rings. The van der Waals surface area contributed by atoms with Gasteiger partial charge in [0.1, 0.15) is 17.0 Å². The number of alkyl halides is 3. The van der Waals surface area contributed by atoms with E-state index in [2.05, 4.69) is 15.4 Å². The number of nitrogens with zero attached hydrogens (tertiary/aromatic N) is 2. The molecule has 2 amide bonds. The maximum absolute atomic E-state index is 13.3. The Morgan fingerprint density at radius 3 is 2.45 bits per heavy atom. The lowest BCUT2D eigenvalue weighted by molar-refractivity contribution is -0.274. The topological polar surface area (TPSA) is 84.8 Å². The van der Waals surface area contributed by atoms with Crippen LogP contribution in [0, 0.1) is 0 Å². The van der Waals surface area contributed by atoms with E-state index in [1.807, 2.05) is 54.0 Å². The normalized spacial score (nSPS) is 15.3. The van der Waals surface area contributed by atoms with Gasteiger partial charge in [-0.2, -0.15) is 0 Å². The number of rotatable bonds is 9. The predicted octanol–water partition coefficient (Wildman–Crippen LogP) is 6.37. The minimum atomic E-state index is -4.83. The molecule has 2 aromatic carbocycles. The molecule has 0 spiro atoms. The summed E-state index contributed by atoms with van der Waals surface area (Å²) in [6.45, 7) is 6.88. The van der Waals surface area contributed by atoms with Crippen LogP contribution in [-0.2, 0) is 11.3 Å². The lowest BCUT2D eigenvalue weighted by Crippen LogP contribution is -2.39. The molecule has 1 aliphatic rings. The van der Waals surface area contributed by atoms with E-state index in [1.54, 1.807) is 26.8 Å². The van der Waals surface area contributed by atoms with Crippen LogP contribution in [0.15, 0.2) is 54.7 Å². The number of ether oxygens (including phenoxy) is 2. The second-order valence-electron chi connectivity index (χ2n) is 11.6. The van der Waals surface area contributed by atoms with E-state index in [4.69, 9.17) is 4.74 Å². The van der Waals surface area contributed by atoms with E-state index in [-0.39, 0.29) is 17.7 Å². The van der Waals surface area contributed by atoms with Crippen LogP contribution < -0.4 is 15.4 Å². The molecular formula is C31H37F3N4O4. The first-order valence-corrected chi connectivity index (χ1v) is 13.8. The highest BCUT2D eigenvalue weighted by Gasteiger charge is 2.33. The molecule has 0 radical (unpaired) electrons. The molecule has 0 fully saturated rings. The third kappa shape index (κ3) is 8.06. The highest BCUT2D eigenvalue weighted by molar-refractivity contribution is 6.04. The summed E-state index contributed by atoms with van der Waals surface area (Å²) in [7, 11) is 3.94. The SMILES string of the molecule is CN(C)Cc1ccc(-c2c(-c3cccc(OC(F)(F)F)c3)cn3c2C(=O)NC[C@@H]3CCCNC(=O)OC(C)(C)C)cc1. The molecule has 1 aliphatic heterocycles. The third-order valence-corrected chi connectivity index (χ3v) is 6.64. The van der Waals surface area contributed by atoms with Crippen molar-refractivity contribution >= 4 is 12.0 Å². The quantitative estimate of drug-likeness (QED) is 0.285. The maximum Gasteiger partial charge on any atom is 0.573 e. The van der Waals surface area contributed by atoms with Gasteiger partial charge in [0.15, 0.2) is 0 Å². The molecule has 1 aromatic heterocycles. The van der Waals surface area contributed by atoms with E-state index >= 15 is 0 Å². The van der Waals surface area contributed by atoms with E-state index in [0.717, 1.165) is 17.7 Å². The number of nitrogens with one attached hydrogen (secondary N) is 2. The van der Waals surface area contributed by atoms with Gasteiger partial charge >= 0.3 is 12.5 Å². The van der Waals surface area contributed by atoms with E-state index in [9.17, 15) is 22.8 Å². The summed E-state index contributed by atoms with van der Waals surface area (Å²) >= 11 is 0. The van der Waals surface area contributed by atoms with Gasteiger partial charge < -0.3 is 29.6 Å². The highest BCUT2D eigenvalue weighted by atomic mass is 19.4. The van der Waals surface area contributed by atoms with Crippen molar-refractivity contribution in [3.63, 3.8) is 0 Å². The fraction of sp³-hybridized carbons (Fsp3) is 0.419. The number of amides is 2. The van der Waals surface area contributed by atoms with Crippen molar-refractivity contribution in [2.45, 2.75) is 58.2 Å². The Hall–Kier alpha value is -3.99. The number of aromatic nitrogens is 1. The average molecular weight is 587 g/mol. The maximum atomic E-state index is 13.3. The minimum absolute atomic E-state index is 0.131. The number of alkyl carbamates (subject to hydrolysis) is 1. The van der Waals surface area contributed by atoms with Gasteiger partial charge in [0.2, 0.25) is 0 Å². The van der Waals surface area contributed by atoms with Crippen molar-refractivity contribution in [2.24, 2.45) is 0 Å². The highest BCUT2D eigenvalue weighted by Crippen LogP contribution is 2.41. The molecule has 0 bridgehead atoms. The number of benzene rings is 2. The fourth-order valence-corrected chi connectivity index (χ4v) is 5.03. The van der Waals surface area contributed by atoms with Crippen molar-refractivity contribution in [2.75, 3.05) is 27.2 Å². The molecule has 42 heavy (non-hydrogen) atoms. The van der Waals surface area contributed by atoms with Crippen LogP contribution in [-0.4, -0.2) is 60.6 Å². The van der Waals surface area contributed by atoms with Crippen molar-refractivity contribution < 1.29 is 32.2 Å². The van der Waals surface area contributed by atoms with Crippen molar-refractivity contribution in [1.82, 2.24) is 20.1 Å². The molecule has 2 heterocycles. The Morgan fingerprint density at radius 1 is 1.10 bits per heavy atom. The van der Waals surface area contributed by atoms with Crippen LogP contribution in [0.3, 0.4) is 0 Å². The number of carbonyl (C=O) groups is 2. The predicted molar refractivity (Wildman–Crippen MR) is 154 cm³/mol. The summed E-state index contributed by atoms with van der Waals surface area (Å²) in [6, 6.07) is 13.5. The van der Waals surface area contributed by atoms with Gasteiger partial charge in [0, 0.05) is 37.0 Å². The van der Waals surface area contributed by atoms with Crippen LogP contribution in [0.1, 0.15) is 55.7 Å². The number of hydrogen-bond acceptors (Lipinski definition) is 5. The molecular weight excluding hydrogens is 549 g/mol. The minimum Gasteiger partial charge on any atom is -0.444 e. The monoisotopic (exact) mass is 586 g/mol. The first kappa shape index (κ1) is 31.0. The summed E-state index contributed by atoms with van der Waals surface area (Å²) in [5.74, 6) is -0.606. The molecule has 11 heteroatoms. The zero-order valence-corrected chi connectivity index (χ0v) is 24.5. The summed E-state index contributed by atoms with van der Waals surface area (Å²) in [5, 5.41) is 5.73. The zero-order chi connectivity index (χ0) is 30.7. The third-order valence-electron chi connectivity index (χ3n) is 6.64. The summed E-state index contributed by atoms with van der Waals surface area (Å²) < 4.78 is 50.4. The summed E-state index contributed by atoms with van der Waals surface area (Å²) in [5.41, 5.74) is 3.42. The van der Waals surface area contributed by atoms with Crippen molar-refractivity contribution in [1.29, 1.82) is 0 Å². The van der Waals surface area contributed by atoms with Gasteiger partial charge in [-0.3, -0.25) is 4.79 Å². The van der Waals surface area contributed by atoms with Gasteiger partial charge in [-0.15, -0.1) is 13.2 Å². The first-order valence-electron chi connectivity index (χ1n) is 13.8. The molecule has 226 valence electrons. The Labute approximate surface area is 243 Å². The van der Waals surface area contributed by atoms with Gasteiger partial charge in [-0.05, 0) is 76.5 Å². The molecule has 0 saturated carbocycles. The van der Waals surface area contributed by atoms with E-state index in [0.29, 0.717) is 48.3 Å². The van der Waals surface area contributed by atoms with E-state index < -0.39 is 18.1 Å². The van der Waals surface area contributed by atoms with Crippen LogP contribution in [0.5, 0.6) is 5.75 Å². The molecule has 1 atom stereocenters. The first-order chi connectivity index (χ1) is 19.7. The Kier molecular flexibility index (Phi) is 9.20. The molecule has 0 unspecified atom stereocenters. The number of fused-ring (bicyclic) bond motifs is 1. The largest absolute Gasteiger partial charge is 0.573 e. The van der Waals surface area contributed by atoms with E-state index in [1.165, 1.54) is 18.2 Å². The average Bonchev–Trinajstić information content (AvgIpc) is 3.28. The van der Waals surface area contributed by atoms with Gasteiger partial charge in [-0.25, -0.2) is 4.79 Å². The molecule has 0 aliphatic carbocycles. The van der Waals surface area contributed by atoms with Gasteiger partial charge in [0.25, 0.3) is 5.91 Å². The van der Waals surface area contributed by atoms with Crippen LogP contribution in [0.2, 0.25) is 0 Å². The lowest BCUT2D eigenvalue weighted by Gasteiger charge is -2.27. The van der Waals surface area contributed by atoms with Crippen LogP contribution >= 0.6 is 0 Å². The Balaban J connectivity index is 1.69. The van der Waals surface area contributed by atoms with Gasteiger partial charge in [0.05, 0.1) is 6.04 Å². The molecule has 0 saturated heterocycles. The summed E-state index contributed by atoms with van der Waals surface area (Å²) in [6.07, 6.45) is -2.24. The lowest BCUT2D eigenvalue weighted by atomic mass is 9.95. The summed E-state index contributed by atoms with van der Waals surface area (Å²) in [4.78, 5) is 27.4. The fourth-order valence-electron chi connectivity index (χ4n) is 5.03. The Morgan fingerprint density at radius 2 is 1.81 bits per heavy atom. The number of halogens is 3. The van der Waals surface area contributed by atoms with Crippen LogP contribution in [0.4, 0.5) is 18.0 Å². The molecule has 2 N–H and O–H groups in total. The molecule has 4 rings (SSSR count). The van der Waals surface area contributed by atoms with Crippen molar-refractivity contribution in [3.05, 3.63) is 66.0 Å². The molecule has 8 nitrogen and oxygen atoms in total. The van der Waals surface area contributed by atoms with Gasteiger partial charge in [-0.1, -0.05) is 36.4 Å². The zero-order valence-electron chi connectivity index (χ0n) is 24.5. The number of carbonyl (C=O) groups excluding carboxylic acids is 2. The number of hydrogen-bond donors (Lipinski definition) is 2.